The van der Waals surface area contributed by atoms with E-state index in [1.54, 1.807) is 0 Å². The molecule has 0 saturated heterocycles. The molecule has 51 heavy (non-hydrogen) atoms. The van der Waals surface area contributed by atoms with E-state index in [-0.39, 0.29) is 0 Å². The molecule has 5 heteroatoms. The van der Waals surface area contributed by atoms with Crippen LogP contribution in [-0.2, 0) is 0 Å². The molecule has 0 bridgehead atoms. The van der Waals surface area contributed by atoms with Gasteiger partial charge in [0, 0.05) is 22.1 Å². The summed E-state index contributed by atoms with van der Waals surface area (Å²) in [5.74, 6) is 3.82. The molecule has 2 aliphatic rings. The van der Waals surface area contributed by atoms with Gasteiger partial charge in [-0.1, -0.05) is 121 Å². The zero-order chi connectivity index (χ0) is 33.5. The van der Waals surface area contributed by atoms with Gasteiger partial charge in [-0.15, -0.1) is 0 Å². The van der Waals surface area contributed by atoms with Crippen molar-refractivity contribution >= 4 is 49.5 Å². The quantitative estimate of drug-likeness (QED) is 0.190. The number of ether oxygens (including phenoxy) is 2. The Balaban J connectivity index is 1.07. The number of nitrogens with zero attached hydrogens (tertiary/aromatic N) is 3. The monoisotopic (exact) mass is 653 g/mol. The van der Waals surface area contributed by atoms with Gasteiger partial charge in [0.15, 0.2) is 28.8 Å². The maximum atomic E-state index is 6.90. The Morgan fingerprint density at radius 1 is 0.431 bits per heavy atom. The van der Waals surface area contributed by atoms with Crippen LogP contribution in [0.4, 0.5) is 17.1 Å². The van der Waals surface area contributed by atoms with Crippen LogP contribution in [0, 0.1) is 0 Å². The molecule has 0 N–H and O–H groups in total. The first kappa shape index (κ1) is 27.9. The third-order valence-electron chi connectivity index (χ3n) is 9.99. The van der Waals surface area contributed by atoms with Gasteiger partial charge in [-0.3, -0.25) is 4.90 Å². The summed E-state index contributed by atoms with van der Waals surface area (Å²) in [4.78, 5) is 12.4. The van der Waals surface area contributed by atoms with Gasteiger partial charge in [0.05, 0.1) is 22.6 Å². The zero-order valence-corrected chi connectivity index (χ0v) is 27.2. The number of anilines is 3. The maximum absolute atomic E-state index is 6.90. The number of para-hydroxylation sites is 1. The average molecular weight is 654 g/mol. The maximum Gasteiger partial charge on any atom is 0.163 e. The Bertz CT molecular complexity index is 2850. The molecule has 5 nitrogen and oxygen atoms in total. The third kappa shape index (κ3) is 4.35. The molecular weight excluding hydrogens is 627 g/mol. The summed E-state index contributed by atoms with van der Waals surface area (Å²) in [6, 6.07) is 56.6. The summed E-state index contributed by atoms with van der Waals surface area (Å²) in [6.07, 6.45) is 0. The summed E-state index contributed by atoms with van der Waals surface area (Å²) in [6.45, 7) is 0. The molecule has 0 atom stereocenters. The predicted molar refractivity (Wildman–Crippen MR) is 206 cm³/mol. The largest absolute Gasteiger partial charge is 0.453 e. The predicted octanol–water partition coefficient (Wildman–Crippen LogP) is 12.6. The van der Waals surface area contributed by atoms with E-state index in [4.69, 9.17) is 19.4 Å². The van der Waals surface area contributed by atoms with Gasteiger partial charge in [0.1, 0.15) is 5.69 Å². The SMILES string of the molecule is c1ccc(-c2nc(-c3ccc(-c4ccc5c6c4Oc4cc7ccccc7cc4N6c4cc6ccccc6cc4O5)cc3)nc3ccccc23)cc1. The van der Waals surface area contributed by atoms with Crippen LogP contribution in [-0.4, -0.2) is 9.97 Å². The lowest BCUT2D eigenvalue weighted by Crippen LogP contribution is -2.20. The molecule has 3 heterocycles. The van der Waals surface area contributed by atoms with Gasteiger partial charge < -0.3 is 9.47 Å². The van der Waals surface area contributed by atoms with Gasteiger partial charge in [-0.05, 0) is 69.6 Å². The molecule has 0 spiro atoms. The van der Waals surface area contributed by atoms with Crippen molar-refractivity contribution in [3.63, 3.8) is 0 Å². The number of aromatic nitrogens is 2. The van der Waals surface area contributed by atoms with Crippen molar-refractivity contribution in [3.8, 4) is 56.8 Å². The fraction of sp³-hybridized carbons (Fsp3) is 0. The first-order valence-electron chi connectivity index (χ1n) is 17.1. The first-order chi connectivity index (χ1) is 25.2. The topological polar surface area (TPSA) is 47.5 Å². The second kappa shape index (κ2) is 10.8. The van der Waals surface area contributed by atoms with E-state index < -0.39 is 0 Å². The van der Waals surface area contributed by atoms with Gasteiger partial charge in [0.25, 0.3) is 0 Å². The lowest BCUT2D eigenvalue weighted by atomic mass is 9.97. The Morgan fingerprint density at radius 3 is 1.73 bits per heavy atom. The summed E-state index contributed by atoms with van der Waals surface area (Å²) < 4.78 is 13.5. The van der Waals surface area contributed by atoms with E-state index in [9.17, 15) is 0 Å². The number of hydrogen-bond acceptors (Lipinski definition) is 5. The molecular formula is C46H27N3O2. The van der Waals surface area contributed by atoms with Crippen molar-refractivity contribution < 1.29 is 9.47 Å². The third-order valence-corrected chi connectivity index (χ3v) is 9.99. The molecule has 2 aliphatic heterocycles. The van der Waals surface area contributed by atoms with Gasteiger partial charge in [-0.25, -0.2) is 9.97 Å². The Kier molecular flexibility index (Phi) is 5.89. The minimum atomic E-state index is 0.686. The highest BCUT2D eigenvalue weighted by atomic mass is 16.5. The number of hydrogen-bond donors (Lipinski definition) is 0. The molecule has 0 saturated carbocycles. The molecule has 8 aromatic carbocycles. The van der Waals surface area contributed by atoms with E-state index >= 15 is 0 Å². The molecule has 0 radical (unpaired) electrons. The number of fused-ring (bicyclic) bond motifs is 7. The molecule has 11 rings (SSSR count). The van der Waals surface area contributed by atoms with E-state index in [0.29, 0.717) is 5.82 Å². The normalized spacial score (nSPS) is 12.6. The molecule has 238 valence electrons. The van der Waals surface area contributed by atoms with Crippen LogP contribution in [0.2, 0.25) is 0 Å². The van der Waals surface area contributed by atoms with Crippen LogP contribution in [0.1, 0.15) is 0 Å². The van der Waals surface area contributed by atoms with Crippen molar-refractivity contribution in [1.82, 2.24) is 9.97 Å². The molecule has 0 fully saturated rings. The van der Waals surface area contributed by atoms with Crippen LogP contribution in [0.5, 0.6) is 23.0 Å². The Labute approximate surface area is 293 Å². The fourth-order valence-corrected chi connectivity index (χ4v) is 7.53. The number of benzene rings is 8. The van der Waals surface area contributed by atoms with Crippen molar-refractivity contribution in [3.05, 3.63) is 164 Å². The van der Waals surface area contributed by atoms with E-state index in [1.807, 2.05) is 36.4 Å². The zero-order valence-electron chi connectivity index (χ0n) is 27.2. The summed E-state index contributed by atoms with van der Waals surface area (Å²) in [5, 5.41) is 5.59. The van der Waals surface area contributed by atoms with E-state index in [2.05, 4.69) is 132 Å². The van der Waals surface area contributed by atoms with Crippen molar-refractivity contribution in [2.75, 3.05) is 4.90 Å². The molecule has 1 aromatic heterocycles. The summed E-state index contributed by atoms with van der Waals surface area (Å²) in [7, 11) is 0. The molecule has 0 unspecified atom stereocenters. The highest BCUT2D eigenvalue weighted by Gasteiger charge is 2.37. The second-order valence-corrected chi connectivity index (χ2v) is 13.0. The Hall–Kier alpha value is -6.98. The van der Waals surface area contributed by atoms with E-state index in [1.165, 1.54) is 0 Å². The summed E-state index contributed by atoms with van der Waals surface area (Å²) >= 11 is 0. The second-order valence-electron chi connectivity index (χ2n) is 13.0. The van der Waals surface area contributed by atoms with Crippen LogP contribution in [0.15, 0.2) is 164 Å². The first-order valence-corrected chi connectivity index (χ1v) is 17.1. The minimum Gasteiger partial charge on any atom is -0.453 e. The van der Waals surface area contributed by atoms with Crippen LogP contribution < -0.4 is 14.4 Å². The van der Waals surface area contributed by atoms with Gasteiger partial charge in [-0.2, -0.15) is 0 Å². The minimum absolute atomic E-state index is 0.686. The lowest BCUT2D eigenvalue weighted by molar-refractivity contribution is 0.448. The smallest absolute Gasteiger partial charge is 0.163 e. The molecule has 0 amide bonds. The highest BCUT2D eigenvalue weighted by Crippen LogP contribution is 2.62. The van der Waals surface area contributed by atoms with Gasteiger partial charge >= 0.3 is 0 Å². The standard InChI is InChI=1S/C46H27N3O2/c1-2-10-29(11-3-1)43-36-16-8-9-17-37(36)47-46(48-43)30-20-18-28(19-21-30)35-22-23-40-44-45(35)51-42-27-34-15-7-5-13-32(34)25-39(42)49(44)38-24-31-12-4-6-14-33(31)26-41(38)50-40/h1-27H. The lowest BCUT2D eigenvalue weighted by Gasteiger charge is -2.39. The highest BCUT2D eigenvalue weighted by molar-refractivity contribution is 6.03. The van der Waals surface area contributed by atoms with Crippen molar-refractivity contribution in [2.45, 2.75) is 0 Å². The van der Waals surface area contributed by atoms with Crippen LogP contribution in [0.3, 0.4) is 0 Å². The Morgan fingerprint density at radius 2 is 1.02 bits per heavy atom. The fourth-order valence-electron chi connectivity index (χ4n) is 7.53. The van der Waals surface area contributed by atoms with Crippen LogP contribution >= 0.6 is 0 Å². The van der Waals surface area contributed by atoms with Crippen molar-refractivity contribution in [1.29, 1.82) is 0 Å². The summed E-state index contributed by atoms with van der Waals surface area (Å²) in [5.41, 5.74) is 8.70. The molecule has 0 aliphatic carbocycles. The van der Waals surface area contributed by atoms with Crippen LogP contribution in [0.25, 0.3) is 66.2 Å². The average Bonchev–Trinajstić information content (AvgIpc) is 3.19. The molecule has 9 aromatic rings. The number of rotatable bonds is 3. The van der Waals surface area contributed by atoms with Crippen molar-refractivity contribution in [2.24, 2.45) is 0 Å². The van der Waals surface area contributed by atoms with Gasteiger partial charge in [0.2, 0.25) is 0 Å². The van der Waals surface area contributed by atoms with E-state index in [0.717, 1.165) is 100 Å².